The van der Waals surface area contributed by atoms with E-state index in [1.165, 1.54) is 34.6 Å². The molecule has 52 nitrogen and oxygen atoms in total. The van der Waals surface area contributed by atoms with E-state index in [9.17, 15) is 126 Å². The van der Waals surface area contributed by atoms with Gasteiger partial charge in [0.05, 0.1) is 145 Å². The van der Waals surface area contributed by atoms with Crippen LogP contribution in [0, 0.1) is 11.8 Å². The summed E-state index contributed by atoms with van der Waals surface area (Å²) in [7, 11) is -2.70. The molecule has 0 saturated carbocycles. The zero-order valence-electron chi connectivity index (χ0n) is 74.2. The molecule has 5 aliphatic rings. The Kier molecular flexibility index (Phi) is 42.4. The van der Waals surface area contributed by atoms with Crippen LogP contribution in [0.15, 0.2) is 41.5 Å². The van der Waals surface area contributed by atoms with Gasteiger partial charge in [-0.05, 0) is 45.2 Å². The molecule has 6 heterocycles. The Hall–Kier alpha value is -12.9. The summed E-state index contributed by atoms with van der Waals surface area (Å²) in [6.07, 6.45) is -2.68. The maximum Gasteiger partial charge on any atom is 0.325 e. The van der Waals surface area contributed by atoms with Gasteiger partial charge in [-0.3, -0.25) is 115 Å². The summed E-state index contributed by atoms with van der Waals surface area (Å²) in [4.78, 5) is 288. The monoisotopic (exact) mass is 1910 g/mol. The Morgan fingerprint density at radius 1 is 0.537 bits per heavy atom. The summed E-state index contributed by atoms with van der Waals surface area (Å²) < 4.78 is 48.1. The number of phenols is 1. The van der Waals surface area contributed by atoms with E-state index >= 15 is 4.21 Å². The number of carboxylic acid groups (broad SMARTS) is 2. The molecule has 738 valence electrons. The number of carbonyl (C=O) groups is 21. The van der Waals surface area contributed by atoms with Gasteiger partial charge in [-0.15, -0.1) is 0 Å². The number of aromatic hydroxyl groups is 1. The van der Waals surface area contributed by atoms with Gasteiger partial charge in [-0.1, -0.05) is 27.2 Å². The van der Waals surface area contributed by atoms with Gasteiger partial charge in [-0.2, -0.15) is 0 Å². The van der Waals surface area contributed by atoms with Crippen LogP contribution in [-0.2, 0) is 146 Å². The van der Waals surface area contributed by atoms with Gasteiger partial charge >= 0.3 is 11.9 Å². The number of phenolic OH excluding ortho intramolecular Hbond substituents is 1. The highest BCUT2D eigenvalue weighted by atomic mass is 32.2. The van der Waals surface area contributed by atoms with Crippen LogP contribution in [0.5, 0.6) is 5.75 Å². The van der Waals surface area contributed by atoms with Crippen LogP contribution in [0.4, 0.5) is 5.69 Å². The summed E-state index contributed by atoms with van der Waals surface area (Å²) in [5.41, 5.74) is -0.798. The Morgan fingerprint density at radius 3 is 1.51 bits per heavy atom. The minimum absolute atomic E-state index is 0.000477. The first-order valence-electron chi connectivity index (χ1n) is 42.7. The second-order valence-electron chi connectivity index (χ2n) is 31.5. The number of carbonyl (C=O) groups excluding carboxylic acids is 19. The van der Waals surface area contributed by atoms with Gasteiger partial charge in [0.1, 0.15) is 83.3 Å². The average molecular weight is 1920 g/mol. The van der Waals surface area contributed by atoms with Crippen LogP contribution in [0.3, 0.4) is 0 Å². The van der Waals surface area contributed by atoms with E-state index in [0.29, 0.717) is 14.7 Å². The first-order valence-corrected chi connectivity index (χ1v) is 44.0. The van der Waals surface area contributed by atoms with Crippen molar-refractivity contribution in [3.05, 3.63) is 42.0 Å². The van der Waals surface area contributed by atoms with Gasteiger partial charge in [0, 0.05) is 87.0 Å². The number of fused-ring (bicyclic) bond motifs is 5. The molecule has 5 aliphatic heterocycles. The molecular formula is C81H114N18O34S. The van der Waals surface area contributed by atoms with Gasteiger partial charge in [0.2, 0.25) is 88.6 Å². The van der Waals surface area contributed by atoms with Crippen molar-refractivity contribution in [3.63, 3.8) is 0 Å². The molecule has 7 rings (SSSR count). The first-order chi connectivity index (χ1) is 63.5. The molecule has 1 aromatic carbocycles. The van der Waals surface area contributed by atoms with Crippen LogP contribution < -0.4 is 74.4 Å². The maximum atomic E-state index is 15.2. The summed E-state index contributed by atoms with van der Waals surface area (Å²) >= 11 is 0. The van der Waals surface area contributed by atoms with Gasteiger partial charge in [-0.25, -0.2) is 0 Å². The number of aliphatic hydroxyl groups excluding tert-OH is 3. The molecule has 134 heavy (non-hydrogen) atoms. The Bertz CT molecular complexity index is 4740. The Morgan fingerprint density at radius 2 is 1.01 bits per heavy atom. The predicted octanol–water partition coefficient (Wildman–Crippen LogP) is -10.6. The van der Waals surface area contributed by atoms with Crippen molar-refractivity contribution >= 4 is 152 Å². The van der Waals surface area contributed by atoms with Crippen LogP contribution in [0.25, 0.3) is 10.9 Å². The average Bonchev–Trinajstić information content (AvgIpc) is 1.65. The number of amides is 19. The van der Waals surface area contributed by atoms with Crippen molar-refractivity contribution in [1.82, 2.24) is 88.8 Å². The van der Waals surface area contributed by atoms with Gasteiger partial charge in [0.25, 0.3) is 23.6 Å². The van der Waals surface area contributed by atoms with Crippen molar-refractivity contribution in [3.8, 4) is 5.75 Å². The van der Waals surface area contributed by atoms with E-state index < -0.39 is 299 Å². The van der Waals surface area contributed by atoms with Crippen molar-refractivity contribution in [2.45, 2.75) is 177 Å². The number of hydrogen-bond acceptors (Lipinski definition) is 32. The van der Waals surface area contributed by atoms with Gasteiger partial charge < -0.3 is 143 Å². The molecule has 21 N–H and O–H groups in total. The SMILES string of the molecule is CC[C@H](C)[C@@H]1NC(=O)CNC(=O)[C@@H]2Cc3c([nH]c4cc(O)c(NC(=O)C(C)NC(=O)C(C)NC(=O)CCOCCOCCOCCNC(=O)C(C(C(=O)NCCOCCOCCOCCC(=O)NC(C)C(=O)NC(C)C(=O)O)N5C(=O)C=CC5=O)N5C(=O)C=CC5=O)cc34)S(=O)C[C@H](NC(=O)CNC1=O)C(=O)N[C@@H](CC(=O)O)C(=O)N1C[C@H](O)C[C@H]1C(=O)N[C@@H](C(C)[C@@H](O)CO)C(=O)N2. The molecule has 1 fully saturated rings. The van der Waals surface area contributed by atoms with E-state index in [1.807, 2.05) is 0 Å². The van der Waals surface area contributed by atoms with Crippen LogP contribution in [0.1, 0.15) is 86.1 Å². The summed E-state index contributed by atoms with van der Waals surface area (Å²) in [6, 6.07) is -18.2. The Balaban J connectivity index is 0.922. The minimum atomic E-state index is -2.70. The molecule has 2 aromatic rings. The number of nitrogens with zero attached hydrogens (tertiary/aromatic N) is 3. The summed E-state index contributed by atoms with van der Waals surface area (Å²) in [5.74, 6) is -26.3. The number of aliphatic carboxylic acids is 2. The smallest absolute Gasteiger partial charge is 0.325 e. The first kappa shape index (κ1) is 108. The number of aromatic nitrogens is 1. The minimum Gasteiger partial charge on any atom is -0.506 e. The number of aliphatic hydroxyl groups is 3. The van der Waals surface area contributed by atoms with Crippen molar-refractivity contribution in [2.75, 3.05) is 130 Å². The number of carboxylic acids is 2. The zero-order valence-corrected chi connectivity index (χ0v) is 75.1. The highest BCUT2D eigenvalue weighted by molar-refractivity contribution is 7.85. The standard InChI is InChI=1S/C81H114N18O34S/c1-8-39(2)65-75(120)85-34-58(106)90-52-38-134(127)79-47(31-50(72(117)84-35-59(107)95-65)92-76(121)66(40(3)55(103)37-100)96-74(119)53-29-45(101)36-97(53)80(124)51(33-64(112)113)93-73(52)118)46-30-49(54(102)32-48(46)94-79)91-71(116)43(6)88-69(114)41(4)86-56(104)13-17-128-21-25-132-27-23-130-19-15-82-77(122)67(98-60(108)9-10-61(98)109)68(99-62(110)11-12-63(99)111)78(123)83-16-20-131-24-28-133-26-22-129-18-14-57(105)87-42(5)70(115)89-44(7)81(125)126/h9-12,30,32,39-45,50-53,55,65-68,94,100-103H,8,13-29,31,33-38H2,1-7H3,(H,82,122)(H,83,123)(H,84,117)(H,85,120)(H,86,104)(H,87,105)(H,88,114)(H,89,115)(H,90,106)(H,91,116)(H,92,121)(H,93,118)(H,95,107)(H,96,119)(H,112,113)(H,125,126)/t39-,40?,41?,42?,43?,44?,45+,50-,51-,52-,53-,55-,65-,66-,67?,68?,134?/m0/s1. The number of aromatic amines is 1. The lowest BCUT2D eigenvalue weighted by atomic mass is 9.93. The highest BCUT2D eigenvalue weighted by Gasteiger charge is 2.51. The van der Waals surface area contributed by atoms with E-state index in [2.05, 4.69) is 79.4 Å². The fourth-order valence-corrected chi connectivity index (χ4v) is 15.3. The predicted molar refractivity (Wildman–Crippen MR) is 457 cm³/mol. The lowest BCUT2D eigenvalue weighted by Crippen LogP contribution is -2.66. The quantitative estimate of drug-likeness (QED) is 0.0166. The molecule has 53 heteroatoms. The molecule has 1 saturated heterocycles. The number of hydrogen-bond donors (Lipinski definition) is 21. The van der Waals surface area contributed by atoms with Crippen molar-refractivity contribution in [2.24, 2.45) is 11.8 Å². The third kappa shape index (κ3) is 31.6. The normalized spacial score (nSPS) is 21.9. The lowest BCUT2D eigenvalue weighted by molar-refractivity contribution is -0.156. The number of benzene rings is 1. The molecule has 8 unspecified atom stereocenters. The van der Waals surface area contributed by atoms with E-state index in [4.69, 9.17) is 33.5 Å². The molecule has 19 amide bonds. The lowest BCUT2D eigenvalue weighted by Gasteiger charge is -2.35. The maximum absolute atomic E-state index is 15.2. The van der Waals surface area contributed by atoms with Gasteiger partial charge in [0.15, 0.2) is 0 Å². The largest absolute Gasteiger partial charge is 0.506 e. The van der Waals surface area contributed by atoms with Crippen LogP contribution >= 0.6 is 0 Å². The van der Waals surface area contributed by atoms with E-state index in [-0.39, 0.29) is 128 Å². The molecule has 0 spiro atoms. The van der Waals surface area contributed by atoms with Crippen molar-refractivity contribution < 1.29 is 164 Å². The molecule has 0 aliphatic carbocycles. The number of anilines is 1. The number of nitrogens with one attached hydrogen (secondary N) is 15. The van der Waals surface area contributed by atoms with E-state index in [1.54, 1.807) is 13.8 Å². The molecular weight excluding hydrogens is 1800 g/mol. The zero-order chi connectivity index (χ0) is 98.9. The highest BCUT2D eigenvalue weighted by Crippen LogP contribution is 2.36. The topological polar surface area (TPSA) is 746 Å². The van der Waals surface area contributed by atoms with E-state index in [0.717, 1.165) is 36.4 Å². The molecule has 2 bridgehead atoms. The Labute approximate surface area is 767 Å². The number of rotatable bonds is 45. The third-order valence-corrected chi connectivity index (χ3v) is 23.0. The molecule has 0 radical (unpaired) electrons. The third-order valence-electron chi connectivity index (χ3n) is 21.5. The second-order valence-corrected chi connectivity index (χ2v) is 33.0. The number of imide groups is 2. The van der Waals surface area contributed by atoms with Crippen LogP contribution in [-0.4, -0.2) is 388 Å². The number of ether oxygens (including phenoxy) is 6. The number of H-pyrrole nitrogens is 1. The summed E-state index contributed by atoms with van der Waals surface area (Å²) in [6.45, 7) is 5.03. The molecule has 17 atom stereocenters. The second kappa shape index (κ2) is 52.5. The van der Waals surface area contributed by atoms with Crippen LogP contribution in [0.2, 0.25) is 0 Å². The molecule has 1 aromatic heterocycles. The fraction of sp³-hybridized carbons (Fsp3) is 0.593. The fourth-order valence-electron chi connectivity index (χ4n) is 13.9. The summed E-state index contributed by atoms with van der Waals surface area (Å²) in [5, 5.41) is 95.6. The van der Waals surface area contributed by atoms with Crippen molar-refractivity contribution in [1.29, 1.82) is 0 Å².